The zero-order chi connectivity index (χ0) is 29.4. The lowest BCUT2D eigenvalue weighted by Gasteiger charge is -2.27. The Morgan fingerprint density at radius 3 is 2.18 bits per heavy atom. The molecule has 0 saturated carbocycles. The van der Waals surface area contributed by atoms with E-state index in [-0.39, 0.29) is 29.6 Å². The van der Waals surface area contributed by atoms with Crippen LogP contribution in [0.4, 0.5) is 0 Å². The fraction of sp³-hybridized carbons (Fsp3) is 0.500. The van der Waals surface area contributed by atoms with E-state index in [1.54, 1.807) is 31.4 Å². The smallest absolute Gasteiger partial charge is 0.342 e. The van der Waals surface area contributed by atoms with Crippen molar-refractivity contribution in [2.75, 3.05) is 33.9 Å². The summed E-state index contributed by atoms with van der Waals surface area (Å²) in [5.74, 6) is -0.200. The van der Waals surface area contributed by atoms with E-state index in [9.17, 15) is 14.4 Å². The zero-order valence-electron chi connectivity index (χ0n) is 24.4. The van der Waals surface area contributed by atoms with Crippen LogP contribution in [0.2, 0.25) is 0 Å². The molecular formula is C30H43NO8. The molecule has 9 heteroatoms. The van der Waals surface area contributed by atoms with Crippen molar-refractivity contribution in [2.45, 2.75) is 65.7 Å². The van der Waals surface area contributed by atoms with Crippen LogP contribution >= 0.6 is 0 Å². The SMILES string of the molecule is CC(C)(C)OC=O.COCCc1ccc(OCC(CN(C)C(C)C)OC(=O)c2ccccc2OC(C)=O)cc1. The van der Waals surface area contributed by atoms with Crippen molar-refractivity contribution in [1.82, 2.24) is 4.90 Å². The van der Waals surface area contributed by atoms with Crippen molar-refractivity contribution >= 4 is 18.4 Å². The highest BCUT2D eigenvalue weighted by Gasteiger charge is 2.23. The molecular weight excluding hydrogens is 502 g/mol. The molecule has 0 radical (unpaired) electrons. The summed E-state index contributed by atoms with van der Waals surface area (Å²) in [6.45, 7) is 12.7. The van der Waals surface area contributed by atoms with Crippen LogP contribution in [0, 0.1) is 0 Å². The number of benzene rings is 2. The Kier molecular flexibility index (Phi) is 14.8. The summed E-state index contributed by atoms with van der Waals surface area (Å²) in [7, 11) is 3.64. The fourth-order valence-electron chi connectivity index (χ4n) is 3.06. The minimum Gasteiger partial charge on any atom is -0.490 e. The normalized spacial score (nSPS) is 11.7. The zero-order valence-corrected chi connectivity index (χ0v) is 24.4. The monoisotopic (exact) mass is 545 g/mol. The maximum Gasteiger partial charge on any atom is 0.342 e. The summed E-state index contributed by atoms with van der Waals surface area (Å²) in [6.07, 6.45) is 0.311. The molecule has 0 aliphatic rings. The predicted molar refractivity (Wildman–Crippen MR) is 149 cm³/mol. The van der Waals surface area contributed by atoms with E-state index >= 15 is 0 Å². The molecule has 2 rings (SSSR count). The van der Waals surface area contributed by atoms with E-state index in [0.29, 0.717) is 25.4 Å². The Balaban J connectivity index is 0.000000956. The van der Waals surface area contributed by atoms with Gasteiger partial charge in [-0.1, -0.05) is 24.3 Å². The molecule has 0 fully saturated rings. The Morgan fingerprint density at radius 1 is 1.03 bits per heavy atom. The molecule has 2 aromatic rings. The van der Waals surface area contributed by atoms with E-state index in [0.717, 1.165) is 12.0 Å². The number of esters is 2. The second kappa shape index (κ2) is 17.2. The van der Waals surface area contributed by atoms with Crippen LogP contribution < -0.4 is 9.47 Å². The van der Waals surface area contributed by atoms with Gasteiger partial charge in [0.1, 0.15) is 35.4 Å². The molecule has 2 aromatic carbocycles. The number of rotatable bonds is 13. The van der Waals surface area contributed by atoms with Gasteiger partial charge < -0.3 is 28.6 Å². The maximum absolute atomic E-state index is 12.9. The van der Waals surface area contributed by atoms with Gasteiger partial charge in [-0.05, 0) is 77.9 Å². The van der Waals surface area contributed by atoms with Gasteiger partial charge in [0, 0.05) is 26.6 Å². The molecule has 0 N–H and O–H groups in total. The van der Waals surface area contributed by atoms with Gasteiger partial charge in [-0.2, -0.15) is 0 Å². The third-order valence-corrected chi connectivity index (χ3v) is 5.36. The molecule has 0 heterocycles. The average molecular weight is 546 g/mol. The topological polar surface area (TPSA) is 101 Å². The first-order chi connectivity index (χ1) is 18.4. The summed E-state index contributed by atoms with van der Waals surface area (Å²) in [5.41, 5.74) is 1.04. The van der Waals surface area contributed by atoms with E-state index in [1.807, 2.05) is 52.1 Å². The van der Waals surface area contributed by atoms with Crippen molar-refractivity contribution < 1.29 is 38.1 Å². The van der Waals surface area contributed by atoms with E-state index in [4.69, 9.17) is 18.9 Å². The fourth-order valence-corrected chi connectivity index (χ4v) is 3.06. The summed E-state index contributed by atoms with van der Waals surface area (Å²) in [6, 6.07) is 14.6. The minimum atomic E-state index is -0.567. The van der Waals surface area contributed by atoms with Gasteiger partial charge in [-0.15, -0.1) is 0 Å². The first kappa shape index (κ1) is 33.6. The summed E-state index contributed by atoms with van der Waals surface area (Å²) < 4.78 is 26.5. The van der Waals surface area contributed by atoms with Crippen molar-refractivity contribution in [3.8, 4) is 11.5 Å². The van der Waals surface area contributed by atoms with Gasteiger partial charge >= 0.3 is 11.9 Å². The molecule has 39 heavy (non-hydrogen) atoms. The van der Waals surface area contributed by atoms with Crippen LogP contribution in [-0.4, -0.2) is 75.0 Å². The lowest BCUT2D eigenvalue weighted by atomic mass is 10.1. The molecule has 1 unspecified atom stereocenters. The van der Waals surface area contributed by atoms with E-state index < -0.39 is 18.0 Å². The Labute approximate surface area is 232 Å². The first-order valence-electron chi connectivity index (χ1n) is 12.9. The number of carbonyl (C=O) groups excluding carboxylic acids is 3. The molecule has 0 saturated heterocycles. The minimum absolute atomic E-state index is 0.175. The van der Waals surface area contributed by atoms with Crippen LogP contribution in [0.25, 0.3) is 0 Å². The second-order valence-corrected chi connectivity index (χ2v) is 10.2. The van der Waals surface area contributed by atoms with Crippen molar-refractivity contribution in [3.05, 3.63) is 59.7 Å². The van der Waals surface area contributed by atoms with Crippen molar-refractivity contribution in [3.63, 3.8) is 0 Å². The van der Waals surface area contributed by atoms with Crippen molar-refractivity contribution in [2.24, 2.45) is 0 Å². The number of nitrogens with zero attached hydrogens (tertiary/aromatic N) is 1. The summed E-state index contributed by atoms with van der Waals surface area (Å²) >= 11 is 0. The lowest BCUT2D eigenvalue weighted by molar-refractivity contribution is -0.138. The molecule has 216 valence electrons. The number of para-hydroxylation sites is 1. The van der Waals surface area contributed by atoms with E-state index in [1.165, 1.54) is 6.92 Å². The van der Waals surface area contributed by atoms with Crippen LogP contribution in [0.5, 0.6) is 11.5 Å². The van der Waals surface area contributed by atoms with Crippen molar-refractivity contribution in [1.29, 1.82) is 0 Å². The van der Waals surface area contributed by atoms with Gasteiger partial charge in [0.15, 0.2) is 0 Å². The number of ether oxygens (including phenoxy) is 5. The lowest BCUT2D eigenvalue weighted by Crippen LogP contribution is -2.39. The summed E-state index contributed by atoms with van der Waals surface area (Å²) in [5, 5.41) is 0. The Morgan fingerprint density at radius 2 is 1.67 bits per heavy atom. The summed E-state index contributed by atoms with van der Waals surface area (Å²) in [4.78, 5) is 35.9. The third kappa shape index (κ3) is 14.3. The molecule has 1 atom stereocenters. The van der Waals surface area contributed by atoms with Gasteiger partial charge in [0.05, 0.1) is 6.61 Å². The molecule has 0 bridgehead atoms. The van der Waals surface area contributed by atoms with Gasteiger partial charge in [0.2, 0.25) is 0 Å². The second-order valence-electron chi connectivity index (χ2n) is 10.2. The highest BCUT2D eigenvalue weighted by atomic mass is 16.6. The molecule has 0 amide bonds. The number of methoxy groups -OCH3 is 1. The molecule has 9 nitrogen and oxygen atoms in total. The number of hydrogen-bond donors (Lipinski definition) is 0. The Bertz CT molecular complexity index is 1010. The van der Waals surface area contributed by atoms with E-state index in [2.05, 4.69) is 23.5 Å². The Hall–Kier alpha value is -3.43. The highest BCUT2D eigenvalue weighted by molar-refractivity contribution is 5.93. The van der Waals surface area contributed by atoms with Gasteiger partial charge in [-0.25, -0.2) is 4.79 Å². The molecule has 0 aliphatic heterocycles. The largest absolute Gasteiger partial charge is 0.490 e. The molecule has 0 spiro atoms. The standard InChI is InChI=1S/C25H33NO6.C5H10O2/c1-18(2)26(4)16-22(17-30-21-12-10-20(11-13-21)14-15-29-5)32-25(28)23-8-6-7-9-24(23)31-19(3)27;1-5(2,3)7-4-6/h6-13,18,22H,14-17H2,1-5H3;4H,1-3H3. The van der Waals surface area contributed by atoms with Crippen LogP contribution in [0.1, 0.15) is 57.5 Å². The number of hydrogen-bond acceptors (Lipinski definition) is 9. The van der Waals surface area contributed by atoms with Gasteiger partial charge in [0.25, 0.3) is 6.47 Å². The highest BCUT2D eigenvalue weighted by Crippen LogP contribution is 2.21. The van der Waals surface area contributed by atoms with Crippen LogP contribution in [0.3, 0.4) is 0 Å². The number of likely N-dealkylation sites (N-methyl/N-ethyl adjacent to an activating group) is 1. The van der Waals surface area contributed by atoms with Gasteiger partial charge in [-0.3, -0.25) is 9.59 Å². The maximum atomic E-state index is 12.9. The first-order valence-corrected chi connectivity index (χ1v) is 12.9. The predicted octanol–water partition coefficient (Wildman–Crippen LogP) is 4.70. The third-order valence-electron chi connectivity index (χ3n) is 5.36. The quantitative estimate of drug-likeness (QED) is 0.201. The van der Waals surface area contributed by atoms with Crippen LogP contribution in [0.15, 0.2) is 48.5 Å². The van der Waals surface area contributed by atoms with Crippen LogP contribution in [-0.2, 0) is 30.2 Å². The molecule has 0 aromatic heterocycles. The number of carbonyl (C=O) groups is 3. The average Bonchev–Trinajstić information content (AvgIpc) is 2.86. The molecule has 0 aliphatic carbocycles.